The number of furan rings is 1. The van der Waals surface area contributed by atoms with Gasteiger partial charge in [0.1, 0.15) is 12.4 Å². The zero-order chi connectivity index (χ0) is 12.7. The van der Waals surface area contributed by atoms with Crippen molar-refractivity contribution < 1.29 is 9.15 Å². The summed E-state index contributed by atoms with van der Waals surface area (Å²) in [6.45, 7) is 9.97. The number of hydrogen-bond acceptors (Lipinski definition) is 3. The second kappa shape index (κ2) is 7.51. The average Bonchev–Trinajstić information content (AvgIpc) is 2.71. The molecule has 0 fully saturated rings. The van der Waals surface area contributed by atoms with Gasteiger partial charge in [-0.25, -0.2) is 0 Å². The van der Waals surface area contributed by atoms with Gasteiger partial charge in [-0.3, -0.25) is 0 Å². The van der Waals surface area contributed by atoms with Gasteiger partial charge in [0.25, 0.3) is 0 Å². The van der Waals surface area contributed by atoms with Gasteiger partial charge in [-0.1, -0.05) is 27.2 Å². The first-order valence-corrected chi connectivity index (χ1v) is 6.53. The van der Waals surface area contributed by atoms with Crippen molar-refractivity contribution in [1.29, 1.82) is 0 Å². The third-order valence-electron chi connectivity index (χ3n) is 2.73. The van der Waals surface area contributed by atoms with Crippen molar-refractivity contribution in [3.05, 3.63) is 23.7 Å². The lowest BCUT2D eigenvalue weighted by atomic mass is 10.2. The topological polar surface area (TPSA) is 34.4 Å². The van der Waals surface area contributed by atoms with E-state index in [0.717, 1.165) is 25.1 Å². The highest BCUT2D eigenvalue weighted by molar-refractivity contribution is 5.16. The van der Waals surface area contributed by atoms with Gasteiger partial charge in [0.2, 0.25) is 0 Å². The van der Waals surface area contributed by atoms with Gasteiger partial charge in [-0.05, 0) is 19.4 Å². The van der Waals surface area contributed by atoms with Crippen molar-refractivity contribution in [3.63, 3.8) is 0 Å². The molecule has 1 N–H and O–H groups in total. The molecule has 0 saturated heterocycles. The predicted molar refractivity (Wildman–Crippen MR) is 69.8 cm³/mol. The maximum atomic E-state index is 5.75. The second-order valence-electron chi connectivity index (χ2n) is 4.81. The lowest BCUT2D eigenvalue weighted by Crippen LogP contribution is -2.22. The smallest absolute Gasteiger partial charge is 0.133 e. The third-order valence-corrected chi connectivity index (χ3v) is 2.73. The van der Waals surface area contributed by atoms with Crippen LogP contribution in [0.5, 0.6) is 0 Å². The Morgan fingerprint density at radius 2 is 2.12 bits per heavy atom. The zero-order valence-electron chi connectivity index (χ0n) is 11.5. The summed E-state index contributed by atoms with van der Waals surface area (Å²) in [6.07, 6.45) is 4.29. The van der Waals surface area contributed by atoms with Gasteiger partial charge < -0.3 is 14.5 Å². The summed E-state index contributed by atoms with van der Waals surface area (Å²) >= 11 is 0. The molecule has 0 aliphatic carbocycles. The van der Waals surface area contributed by atoms with Crippen molar-refractivity contribution in [2.45, 2.75) is 65.8 Å². The summed E-state index contributed by atoms with van der Waals surface area (Å²) in [4.78, 5) is 0. The predicted octanol–water partition coefficient (Wildman–Crippen LogP) is 3.48. The van der Waals surface area contributed by atoms with Crippen LogP contribution < -0.4 is 5.32 Å². The molecule has 1 atom stereocenters. The fourth-order valence-electron chi connectivity index (χ4n) is 1.67. The number of hydrogen-bond donors (Lipinski definition) is 1. The Morgan fingerprint density at radius 3 is 2.76 bits per heavy atom. The Kier molecular flexibility index (Phi) is 6.30. The van der Waals surface area contributed by atoms with Gasteiger partial charge in [-0.2, -0.15) is 0 Å². The second-order valence-corrected chi connectivity index (χ2v) is 4.81. The quantitative estimate of drug-likeness (QED) is 0.754. The fraction of sp³-hybridized carbons (Fsp3) is 0.714. The zero-order valence-corrected chi connectivity index (χ0v) is 11.5. The monoisotopic (exact) mass is 239 g/mol. The van der Waals surface area contributed by atoms with Crippen LogP contribution in [-0.2, 0) is 17.9 Å². The van der Waals surface area contributed by atoms with Crippen molar-refractivity contribution >= 4 is 0 Å². The first-order valence-electron chi connectivity index (χ1n) is 6.53. The van der Waals surface area contributed by atoms with E-state index in [1.807, 2.05) is 6.07 Å². The highest BCUT2D eigenvalue weighted by atomic mass is 16.5. The fourth-order valence-corrected chi connectivity index (χ4v) is 1.67. The Hall–Kier alpha value is -0.800. The van der Waals surface area contributed by atoms with Crippen molar-refractivity contribution in [3.8, 4) is 0 Å². The summed E-state index contributed by atoms with van der Waals surface area (Å²) in [5.74, 6) is 0.945. The molecule has 0 amide bonds. The normalized spacial score (nSPS) is 13.2. The van der Waals surface area contributed by atoms with E-state index in [0.29, 0.717) is 18.8 Å². The minimum Gasteiger partial charge on any atom is -0.467 e. The minimum absolute atomic E-state index is 0.302. The Labute approximate surface area is 105 Å². The van der Waals surface area contributed by atoms with Crippen LogP contribution in [-0.4, -0.2) is 12.1 Å². The van der Waals surface area contributed by atoms with Gasteiger partial charge in [0.05, 0.1) is 12.4 Å². The summed E-state index contributed by atoms with van der Waals surface area (Å²) in [5.41, 5.74) is 1.20. The van der Waals surface area contributed by atoms with Gasteiger partial charge >= 0.3 is 0 Å². The molecular weight excluding hydrogens is 214 g/mol. The number of nitrogens with one attached hydrogen (secondary N) is 1. The molecule has 17 heavy (non-hydrogen) atoms. The molecule has 1 unspecified atom stereocenters. The van der Waals surface area contributed by atoms with E-state index in [4.69, 9.17) is 9.15 Å². The number of rotatable bonds is 8. The summed E-state index contributed by atoms with van der Waals surface area (Å²) in [7, 11) is 0. The molecule has 3 heteroatoms. The summed E-state index contributed by atoms with van der Waals surface area (Å²) in [5, 5.41) is 3.39. The van der Waals surface area contributed by atoms with Crippen molar-refractivity contribution in [2.75, 3.05) is 0 Å². The molecule has 0 spiro atoms. The SMILES string of the molecule is CCCC(C)OCc1occc1CNC(C)C. The van der Waals surface area contributed by atoms with Crippen LogP contribution in [0.1, 0.15) is 51.9 Å². The maximum Gasteiger partial charge on any atom is 0.133 e. The van der Waals surface area contributed by atoms with Crippen LogP contribution in [0.2, 0.25) is 0 Å². The lowest BCUT2D eigenvalue weighted by molar-refractivity contribution is 0.0366. The van der Waals surface area contributed by atoms with Gasteiger partial charge in [0.15, 0.2) is 0 Å². The summed E-state index contributed by atoms with van der Waals surface area (Å²) in [6, 6.07) is 2.50. The first-order chi connectivity index (χ1) is 8.13. The molecule has 1 aromatic rings. The molecule has 0 aliphatic rings. The largest absolute Gasteiger partial charge is 0.467 e. The molecule has 0 radical (unpaired) electrons. The van der Waals surface area contributed by atoms with Crippen LogP contribution in [0.25, 0.3) is 0 Å². The van der Waals surface area contributed by atoms with E-state index in [1.54, 1.807) is 6.26 Å². The van der Waals surface area contributed by atoms with Crippen LogP contribution >= 0.6 is 0 Å². The molecule has 98 valence electrons. The number of ether oxygens (including phenoxy) is 1. The Balaban J connectivity index is 2.40. The van der Waals surface area contributed by atoms with Gasteiger partial charge in [0, 0.05) is 18.2 Å². The van der Waals surface area contributed by atoms with E-state index >= 15 is 0 Å². The average molecular weight is 239 g/mol. The highest BCUT2D eigenvalue weighted by Crippen LogP contribution is 2.14. The molecule has 1 heterocycles. The summed E-state index contributed by atoms with van der Waals surface area (Å²) < 4.78 is 11.2. The van der Waals surface area contributed by atoms with E-state index in [2.05, 4.69) is 33.0 Å². The van der Waals surface area contributed by atoms with Crippen LogP contribution in [0.15, 0.2) is 16.7 Å². The molecule has 1 aromatic heterocycles. The molecule has 0 aromatic carbocycles. The van der Waals surface area contributed by atoms with E-state index in [9.17, 15) is 0 Å². The first kappa shape index (κ1) is 14.3. The Bertz CT molecular complexity index is 307. The lowest BCUT2D eigenvalue weighted by Gasteiger charge is -2.12. The molecule has 1 rings (SSSR count). The van der Waals surface area contributed by atoms with Crippen LogP contribution in [0.3, 0.4) is 0 Å². The Morgan fingerprint density at radius 1 is 1.35 bits per heavy atom. The van der Waals surface area contributed by atoms with Crippen LogP contribution in [0.4, 0.5) is 0 Å². The minimum atomic E-state index is 0.302. The van der Waals surface area contributed by atoms with Gasteiger partial charge in [-0.15, -0.1) is 0 Å². The van der Waals surface area contributed by atoms with Crippen molar-refractivity contribution in [2.24, 2.45) is 0 Å². The standard InChI is InChI=1S/C14H25NO2/c1-5-6-12(4)17-10-14-13(7-8-16-14)9-15-11(2)3/h7-8,11-12,15H,5-6,9-10H2,1-4H3. The molecule has 3 nitrogen and oxygen atoms in total. The maximum absolute atomic E-state index is 5.75. The van der Waals surface area contributed by atoms with Crippen LogP contribution in [0, 0.1) is 0 Å². The van der Waals surface area contributed by atoms with E-state index in [1.165, 1.54) is 5.56 Å². The molecule has 0 aliphatic heterocycles. The molecular formula is C14H25NO2. The van der Waals surface area contributed by atoms with Crippen molar-refractivity contribution in [1.82, 2.24) is 5.32 Å². The molecule has 0 saturated carbocycles. The highest BCUT2D eigenvalue weighted by Gasteiger charge is 2.09. The molecule has 0 bridgehead atoms. The van der Waals surface area contributed by atoms with E-state index in [-0.39, 0.29) is 0 Å². The van der Waals surface area contributed by atoms with E-state index < -0.39 is 0 Å². The third kappa shape index (κ3) is 5.37.